The summed E-state index contributed by atoms with van der Waals surface area (Å²) in [6, 6.07) is 0. The Morgan fingerprint density at radius 3 is 2.42 bits per heavy atom. The van der Waals surface area contributed by atoms with Gasteiger partial charge in [-0.25, -0.2) is 4.79 Å². The summed E-state index contributed by atoms with van der Waals surface area (Å²) in [5.74, 6) is -1.26. The summed E-state index contributed by atoms with van der Waals surface area (Å²) in [5, 5.41) is 11.6. The molecule has 0 aromatic heterocycles. The number of carboxylic acid groups (broad SMARTS) is 1. The lowest BCUT2D eigenvalue weighted by molar-refractivity contribution is -0.135. The van der Waals surface area contributed by atoms with Crippen LogP contribution in [0.4, 0.5) is 0 Å². The minimum atomic E-state index is -1.05. The van der Waals surface area contributed by atoms with Crippen LogP contribution in [0.25, 0.3) is 0 Å². The second-order valence-corrected chi connectivity index (χ2v) is 6.01. The minimum absolute atomic E-state index is 0.0226. The Balaban J connectivity index is 2.42. The zero-order chi connectivity index (χ0) is 14.5. The van der Waals surface area contributed by atoms with Gasteiger partial charge in [0.25, 0.3) is 0 Å². The Bertz CT molecular complexity index is 372. The topological polar surface area (TPSA) is 66.4 Å². The van der Waals surface area contributed by atoms with Crippen molar-refractivity contribution < 1.29 is 14.7 Å². The first-order chi connectivity index (χ1) is 8.88. The molecular formula is C15H25NO3. The normalized spacial score (nSPS) is 21.0. The van der Waals surface area contributed by atoms with Crippen LogP contribution >= 0.6 is 0 Å². The number of amides is 1. The lowest BCUT2D eigenvalue weighted by atomic mass is 10.1. The van der Waals surface area contributed by atoms with E-state index in [1.54, 1.807) is 6.08 Å². The van der Waals surface area contributed by atoms with Gasteiger partial charge in [0.05, 0.1) is 0 Å². The number of hydrogen-bond donors (Lipinski definition) is 2. The molecule has 1 saturated carbocycles. The van der Waals surface area contributed by atoms with Crippen molar-refractivity contribution in [2.75, 3.05) is 0 Å². The van der Waals surface area contributed by atoms with E-state index in [-0.39, 0.29) is 22.9 Å². The zero-order valence-electron chi connectivity index (χ0n) is 12.2. The number of carbonyl (C=O) groups excluding carboxylic acids is 1. The van der Waals surface area contributed by atoms with Gasteiger partial charge in [0.2, 0.25) is 5.91 Å². The molecule has 1 amide bonds. The van der Waals surface area contributed by atoms with Gasteiger partial charge < -0.3 is 10.4 Å². The van der Waals surface area contributed by atoms with Gasteiger partial charge in [-0.1, -0.05) is 46.1 Å². The predicted molar refractivity (Wildman–Crippen MR) is 74.5 cm³/mol. The fourth-order valence-electron chi connectivity index (χ4n) is 2.14. The first-order valence-electron chi connectivity index (χ1n) is 7.13. The van der Waals surface area contributed by atoms with E-state index in [9.17, 15) is 9.59 Å². The molecule has 19 heavy (non-hydrogen) atoms. The van der Waals surface area contributed by atoms with Crippen molar-refractivity contribution in [3.05, 3.63) is 11.8 Å². The predicted octanol–water partition coefficient (Wildman–Crippen LogP) is 3.09. The second kappa shape index (κ2) is 6.73. The van der Waals surface area contributed by atoms with Crippen LogP contribution in [-0.2, 0) is 9.59 Å². The SMILES string of the molecule is CCCCCCC=C(NC(=O)C1CC1(C)C)C(=O)O. The van der Waals surface area contributed by atoms with E-state index in [4.69, 9.17) is 5.11 Å². The number of nitrogens with one attached hydrogen (secondary N) is 1. The number of carboxylic acids is 1. The van der Waals surface area contributed by atoms with Gasteiger partial charge in [0.15, 0.2) is 0 Å². The smallest absolute Gasteiger partial charge is 0.352 e. The van der Waals surface area contributed by atoms with Gasteiger partial charge in [-0.15, -0.1) is 0 Å². The van der Waals surface area contributed by atoms with Crippen molar-refractivity contribution in [2.24, 2.45) is 11.3 Å². The zero-order valence-corrected chi connectivity index (χ0v) is 12.2. The summed E-state index contributed by atoms with van der Waals surface area (Å²) in [4.78, 5) is 22.9. The highest BCUT2D eigenvalue weighted by Crippen LogP contribution is 2.51. The van der Waals surface area contributed by atoms with Crippen LogP contribution in [0.3, 0.4) is 0 Å². The van der Waals surface area contributed by atoms with E-state index >= 15 is 0 Å². The number of unbranched alkanes of at least 4 members (excludes halogenated alkanes) is 4. The number of allylic oxidation sites excluding steroid dienone is 1. The maximum atomic E-state index is 11.9. The summed E-state index contributed by atoms with van der Waals surface area (Å²) in [6.45, 7) is 6.18. The van der Waals surface area contributed by atoms with E-state index < -0.39 is 5.97 Å². The molecule has 1 aliphatic carbocycles. The fraction of sp³-hybridized carbons (Fsp3) is 0.733. The van der Waals surface area contributed by atoms with Gasteiger partial charge in [0, 0.05) is 5.92 Å². The van der Waals surface area contributed by atoms with Crippen molar-refractivity contribution in [1.29, 1.82) is 0 Å². The molecule has 108 valence electrons. The number of aliphatic carboxylic acids is 1. The van der Waals surface area contributed by atoms with Gasteiger partial charge in [-0.3, -0.25) is 4.79 Å². The Morgan fingerprint density at radius 2 is 1.95 bits per heavy atom. The molecule has 1 aliphatic rings. The monoisotopic (exact) mass is 267 g/mol. The highest BCUT2D eigenvalue weighted by atomic mass is 16.4. The molecule has 0 radical (unpaired) electrons. The lowest BCUT2D eigenvalue weighted by Gasteiger charge is -2.07. The van der Waals surface area contributed by atoms with Crippen LogP contribution in [0.2, 0.25) is 0 Å². The van der Waals surface area contributed by atoms with Crippen LogP contribution in [0.15, 0.2) is 11.8 Å². The van der Waals surface area contributed by atoms with Crippen LogP contribution in [0, 0.1) is 11.3 Å². The highest BCUT2D eigenvalue weighted by Gasteiger charge is 2.50. The quantitative estimate of drug-likeness (QED) is 0.524. The third-order valence-corrected chi connectivity index (χ3v) is 3.72. The third-order valence-electron chi connectivity index (χ3n) is 3.72. The standard InChI is InChI=1S/C15H25NO3/c1-4-5-6-7-8-9-12(14(18)19)16-13(17)11-10-15(11,2)3/h9,11H,4-8,10H2,1-3H3,(H,16,17)(H,18,19). The van der Waals surface area contributed by atoms with Gasteiger partial charge in [0.1, 0.15) is 5.70 Å². The highest BCUT2D eigenvalue weighted by molar-refractivity contribution is 5.94. The average Bonchev–Trinajstić information content (AvgIpc) is 2.96. The molecule has 0 aromatic rings. The molecule has 0 bridgehead atoms. The van der Waals surface area contributed by atoms with Gasteiger partial charge >= 0.3 is 5.97 Å². The molecule has 0 saturated heterocycles. The molecule has 1 unspecified atom stereocenters. The number of rotatable bonds is 8. The van der Waals surface area contributed by atoms with Crippen molar-refractivity contribution >= 4 is 11.9 Å². The molecule has 0 aliphatic heterocycles. The van der Waals surface area contributed by atoms with E-state index in [1.807, 2.05) is 13.8 Å². The lowest BCUT2D eigenvalue weighted by Crippen LogP contribution is -2.29. The Labute approximate surface area is 115 Å². The van der Waals surface area contributed by atoms with Gasteiger partial charge in [-0.2, -0.15) is 0 Å². The first-order valence-corrected chi connectivity index (χ1v) is 7.13. The maximum absolute atomic E-state index is 11.9. The van der Waals surface area contributed by atoms with Crippen LogP contribution < -0.4 is 5.32 Å². The molecule has 1 atom stereocenters. The first kappa shape index (κ1) is 15.7. The summed E-state index contributed by atoms with van der Waals surface area (Å²) in [5.41, 5.74) is 0.0543. The molecule has 1 rings (SSSR count). The summed E-state index contributed by atoms with van der Waals surface area (Å²) in [7, 11) is 0. The Kier molecular flexibility index (Phi) is 5.58. The number of carbonyl (C=O) groups is 2. The molecular weight excluding hydrogens is 242 g/mol. The molecule has 0 heterocycles. The molecule has 2 N–H and O–H groups in total. The van der Waals surface area contributed by atoms with Gasteiger partial charge in [-0.05, 0) is 24.7 Å². The molecule has 0 spiro atoms. The summed E-state index contributed by atoms with van der Waals surface area (Å²) in [6.07, 6.45) is 7.56. The van der Waals surface area contributed by atoms with Crippen molar-refractivity contribution in [3.8, 4) is 0 Å². The molecule has 0 aromatic carbocycles. The van der Waals surface area contributed by atoms with E-state index in [2.05, 4.69) is 12.2 Å². The second-order valence-electron chi connectivity index (χ2n) is 6.01. The van der Waals surface area contributed by atoms with Crippen LogP contribution in [-0.4, -0.2) is 17.0 Å². The van der Waals surface area contributed by atoms with Crippen LogP contribution in [0.1, 0.15) is 59.3 Å². The molecule has 4 heteroatoms. The van der Waals surface area contributed by atoms with Crippen molar-refractivity contribution in [1.82, 2.24) is 5.32 Å². The Hall–Kier alpha value is -1.32. The van der Waals surface area contributed by atoms with Crippen LogP contribution in [0.5, 0.6) is 0 Å². The molecule has 4 nitrogen and oxygen atoms in total. The minimum Gasteiger partial charge on any atom is -0.477 e. The number of hydrogen-bond acceptors (Lipinski definition) is 2. The Morgan fingerprint density at radius 1 is 1.32 bits per heavy atom. The van der Waals surface area contributed by atoms with Crippen molar-refractivity contribution in [3.63, 3.8) is 0 Å². The fourth-order valence-corrected chi connectivity index (χ4v) is 2.14. The van der Waals surface area contributed by atoms with E-state index in [1.165, 1.54) is 6.42 Å². The third kappa shape index (κ3) is 5.05. The summed E-state index contributed by atoms with van der Waals surface area (Å²) >= 11 is 0. The van der Waals surface area contributed by atoms with E-state index in [0.29, 0.717) is 6.42 Å². The molecule has 1 fully saturated rings. The summed E-state index contributed by atoms with van der Waals surface area (Å²) < 4.78 is 0. The maximum Gasteiger partial charge on any atom is 0.352 e. The average molecular weight is 267 g/mol. The van der Waals surface area contributed by atoms with Crippen molar-refractivity contribution in [2.45, 2.75) is 59.3 Å². The largest absolute Gasteiger partial charge is 0.477 e. The van der Waals surface area contributed by atoms with E-state index in [0.717, 1.165) is 25.7 Å².